The molecular formula is C14H12Cl2N2OS. The van der Waals surface area contributed by atoms with Crippen molar-refractivity contribution in [1.82, 2.24) is 4.98 Å². The Balaban J connectivity index is 2.01. The van der Waals surface area contributed by atoms with Gasteiger partial charge in [0.1, 0.15) is 0 Å². The van der Waals surface area contributed by atoms with Gasteiger partial charge in [0.05, 0.1) is 15.3 Å². The Labute approximate surface area is 131 Å². The summed E-state index contributed by atoms with van der Waals surface area (Å²) >= 11 is 13.2. The molecule has 1 amide bonds. The van der Waals surface area contributed by atoms with Crippen molar-refractivity contribution < 1.29 is 4.79 Å². The standard InChI is InChI=1S/C14H12Cl2N2OS/c1-9(20-11-5-3-2-4-6-11)14(19)18-13-12(16)7-10(15)8-17-13/h2-9H,1H3,(H,17,18,19). The van der Waals surface area contributed by atoms with Crippen LogP contribution in [0.3, 0.4) is 0 Å². The van der Waals surface area contributed by atoms with Crippen LogP contribution in [0.15, 0.2) is 47.5 Å². The number of thioether (sulfide) groups is 1. The van der Waals surface area contributed by atoms with Crippen LogP contribution in [0, 0.1) is 0 Å². The van der Waals surface area contributed by atoms with Crippen molar-refractivity contribution in [2.45, 2.75) is 17.1 Å². The zero-order valence-corrected chi connectivity index (χ0v) is 13.0. The predicted molar refractivity (Wildman–Crippen MR) is 84.6 cm³/mol. The summed E-state index contributed by atoms with van der Waals surface area (Å²) < 4.78 is 0. The summed E-state index contributed by atoms with van der Waals surface area (Å²) in [5.41, 5.74) is 0. The maximum Gasteiger partial charge on any atom is 0.238 e. The Morgan fingerprint density at radius 1 is 1.30 bits per heavy atom. The smallest absolute Gasteiger partial charge is 0.238 e. The third kappa shape index (κ3) is 4.13. The van der Waals surface area contributed by atoms with Crippen molar-refractivity contribution in [1.29, 1.82) is 0 Å². The SMILES string of the molecule is CC(Sc1ccccc1)C(=O)Nc1ncc(Cl)cc1Cl. The van der Waals surface area contributed by atoms with Gasteiger partial charge in [0, 0.05) is 11.1 Å². The first kappa shape index (κ1) is 15.2. The van der Waals surface area contributed by atoms with E-state index in [1.807, 2.05) is 37.3 Å². The summed E-state index contributed by atoms with van der Waals surface area (Å²) in [5.74, 6) is 0.164. The van der Waals surface area contributed by atoms with Gasteiger partial charge in [0.25, 0.3) is 0 Å². The molecule has 0 aliphatic heterocycles. The van der Waals surface area contributed by atoms with Gasteiger partial charge >= 0.3 is 0 Å². The second kappa shape index (κ2) is 6.97. The number of halogens is 2. The molecule has 3 nitrogen and oxygen atoms in total. The molecule has 0 bridgehead atoms. The van der Waals surface area contributed by atoms with Crippen LogP contribution >= 0.6 is 35.0 Å². The van der Waals surface area contributed by atoms with Crippen LogP contribution in [0.2, 0.25) is 10.0 Å². The van der Waals surface area contributed by atoms with Crippen LogP contribution in [0.5, 0.6) is 0 Å². The van der Waals surface area contributed by atoms with Gasteiger partial charge in [0.15, 0.2) is 5.82 Å². The number of anilines is 1. The van der Waals surface area contributed by atoms with E-state index >= 15 is 0 Å². The number of aromatic nitrogens is 1. The molecule has 1 aromatic carbocycles. The van der Waals surface area contributed by atoms with Gasteiger partial charge in [-0.15, -0.1) is 11.8 Å². The Kier molecular flexibility index (Phi) is 5.29. The van der Waals surface area contributed by atoms with E-state index in [9.17, 15) is 4.79 Å². The fourth-order valence-corrected chi connectivity index (χ4v) is 2.80. The Morgan fingerprint density at radius 2 is 2.00 bits per heavy atom. The number of pyridine rings is 1. The van der Waals surface area contributed by atoms with E-state index in [0.717, 1.165) is 4.90 Å². The third-order valence-electron chi connectivity index (χ3n) is 2.47. The average Bonchev–Trinajstić information content (AvgIpc) is 2.43. The van der Waals surface area contributed by atoms with Crippen molar-refractivity contribution in [3.05, 3.63) is 52.6 Å². The molecule has 1 heterocycles. The summed E-state index contributed by atoms with van der Waals surface area (Å²) in [6.07, 6.45) is 1.44. The highest BCUT2D eigenvalue weighted by molar-refractivity contribution is 8.00. The van der Waals surface area contributed by atoms with Crippen LogP contribution in [-0.4, -0.2) is 16.1 Å². The van der Waals surface area contributed by atoms with Gasteiger partial charge in [0.2, 0.25) is 5.91 Å². The van der Waals surface area contributed by atoms with Gasteiger partial charge in [-0.05, 0) is 25.1 Å². The fourth-order valence-electron chi connectivity index (χ4n) is 1.48. The number of benzene rings is 1. The molecule has 0 aliphatic rings. The molecule has 1 unspecified atom stereocenters. The van der Waals surface area contributed by atoms with Crippen molar-refractivity contribution in [2.24, 2.45) is 0 Å². The zero-order chi connectivity index (χ0) is 14.5. The Bertz CT molecular complexity index is 607. The summed E-state index contributed by atoms with van der Waals surface area (Å²) in [5, 5.41) is 3.19. The molecule has 0 saturated carbocycles. The minimum Gasteiger partial charge on any atom is -0.308 e. The van der Waals surface area contributed by atoms with Crippen LogP contribution in [0.4, 0.5) is 5.82 Å². The Hall–Kier alpha value is -1.23. The molecular weight excluding hydrogens is 315 g/mol. The van der Waals surface area contributed by atoms with E-state index < -0.39 is 0 Å². The molecule has 2 aromatic rings. The monoisotopic (exact) mass is 326 g/mol. The second-order valence-electron chi connectivity index (χ2n) is 4.05. The number of nitrogens with one attached hydrogen (secondary N) is 1. The summed E-state index contributed by atoms with van der Waals surface area (Å²) in [6.45, 7) is 1.83. The molecule has 20 heavy (non-hydrogen) atoms. The normalized spacial score (nSPS) is 11.9. The molecule has 104 valence electrons. The Morgan fingerprint density at radius 3 is 2.65 bits per heavy atom. The lowest BCUT2D eigenvalue weighted by Gasteiger charge is -2.12. The molecule has 6 heteroatoms. The molecule has 0 radical (unpaired) electrons. The predicted octanol–water partition coefficient (Wildman–Crippen LogP) is 4.51. The van der Waals surface area contributed by atoms with Crippen molar-refractivity contribution in [2.75, 3.05) is 5.32 Å². The number of rotatable bonds is 4. The molecule has 1 N–H and O–H groups in total. The molecule has 0 fully saturated rings. The van der Waals surface area contributed by atoms with Crippen LogP contribution in [0.1, 0.15) is 6.92 Å². The van der Waals surface area contributed by atoms with Gasteiger partial charge in [-0.3, -0.25) is 4.79 Å². The van der Waals surface area contributed by atoms with E-state index in [1.165, 1.54) is 18.0 Å². The first-order chi connectivity index (χ1) is 9.56. The second-order valence-corrected chi connectivity index (χ2v) is 6.30. The van der Waals surface area contributed by atoms with E-state index in [4.69, 9.17) is 23.2 Å². The minimum absolute atomic E-state index is 0.157. The largest absolute Gasteiger partial charge is 0.308 e. The van der Waals surface area contributed by atoms with E-state index in [0.29, 0.717) is 15.9 Å². The number of amides is 1. The topological polar surface area (TPSA) is 42.0 Å². The lowest BCUT2D eigenvalue weighted by Crippen LogP contribution is -2.23. The number of hydrogen-bond donors (Lipinski definition) is 1. The molecule has 0 aliphatic carbocycles. The molecule has 1 aromatic heterocycles. The summed E-state index contributed by atoms with van der Waals surface area (Å²) in [6, 6.07) is 11.3. The minimum atomic E-state index is -0.258. The van der Waals surface area contributed by atoms with Gasteiger partial charge in [-0.25, -0.2) is 4.98 Å². The summed E-state index contributed by atoms with van der Waals surface area (Å²) in [7, 11) is 0. The van der Waals surface area contributed by atoms with Crippen molar-refractivity contribution in [3.8, 4) is 0 Å². The van der Waals surface area contributed by atoms with Crippen LogP contribution < -0.4 is 5.32 Å². The molecule has 0 spiro atoms. The van der Waals surface area contributed by atoms with Crippen molar-refractivity contribution >= 4 is 46.7 Å². The lowest BCUT2D eigenvalue weighted by atomic mass is 10.4. The van der Waals surface area contributed by atoms with E-state index in [1.54, 1.807) is 6.07 Å². The van der Waals surface area contributed by atoms with E-state index in [2.05, 4.69) is 10.3 Å². The maximum atomic E-state index is 12.1. The average molecular weight is 327 g/mol. The highest BCUT2D eigenvalue weighted by Gasteiger charge is 2.16. The highest BCUT2D eigenvalue weighted by atomic mass is 35.5. The summed E-state index contributed by atoms with van der Waals surface area (Å²) in [4.78, 5) is 17.1. The lowest BCUT2D eigenvalue weighted by molar-refractivity contribution is -0.115. The number of carbonyl (C=O) groups is 1. The van der Waals surface area contributed by atoms with Crippen molar-refractivity contribution in [3.63, 3.8) is 0 Å². The van der Waals surface area contributed by atoms with Crippen LogP contribution in [0.25, 0.3) is 0 Å². The zero-order valence-electron chi connectivity index (χ0n) is 10.6. The molecule has 0 saturated heterocycles. The van der Waals surface area contributed by atoms with Gasteiger partial charge < -0.3 is 5.32 Å². The quantitative estimate of drug-likeness (QED) is 0.840. The first-order valence-corrected chi connectivity index (χ1v) is 7.53. The number of nitrogens with zero attached hydrogens (tertiary/aromatic N) is 1. The first-order valence-electron chi connectivity index (χ1n) is 5.90. The number of carbonyl (C=O) groups excluding carboxylic acids is 1. The highest BCUT2D eigenvalue weighted by Crippen LogP contribution is 2.26. The van der Waals surface area contributed by atoms with E-state index in [-0.39, 0.29) is 11.2 Å². The third-order valence-corrected chi connectivity index (χ3v) is 4.08. The molecule has 1 atom stereocenters. The fraction of sp³-hybridized carbons (Fsp3) is 0.143. The van der Waals surface area contributed by atoms with Crippen LogP contribution in [-0.2, 0) is 4.79 Å². The molecule has 2 rings (SSSR count). The van der Waals surface area contributed by atoms with Gasteiger partial charge in [-0.2, -0.15) is 0 Å². The van der Waals surface area contributed by atoms with Gasteiger partial charge in [-0.1, -0.05) is 41.4 Å². The number of hydrogen-bond acceptors (Lipinski definition) is 3. The maximum absolute atomic E-state index is 12.1.